The molecule has 2 amide bonds. The van der Waals surface area contributed by atoms with E-state index in [9.17, 15) is 22.4 Å². The molecule has 0 radical (unpaired) electrons. The summed E-state index contributed by atoms with van der Waals surface area (Å²) < 4.78 is 53.4. The van der Waals surface area contributed by atoms with E-state index >= 15 is 0 Å². The Bertz CT molecular complexity index is 1420. The molecule has 39 heavy (non-hydrogen) atoms. The maximum Gasteiger partial charge on any atom is 0.264 e. The fourth-order valence-corrected chi connectivity index (χ4v) is 5.55. The van der Waals surface area contributed by atoms with Crippen molar-refractivity contribution in [1.82, 2.24) is 10.2 Å². The van der Waals surface area contributed by atoms with E-state index < -0.39 is 40.2 Å². The number of rotatable bonds is 10. The van der Waals surface area contributed by atoms with Crippen LogP contribution in [-0.2, 0) is 26.2 Å². The van der Waals surface area contributed by atoms with Gasteiger partial charge in [0, 0.05) is 19.2 Å². The van der Waals surface area contributed by atoms with Crippen LogP contribution in [0.3, 0.4) is 0 Å². The van der Waals surface area contributed by atoms with Crippen LogP contribution in [0.2, 0.25) is 0 Å². The number of hydrogen-bond acceptors (Lipinski definition) is 6. The number of halogens is 1. The molecule has 9 nitrogen and oxygen atoms in total. The van der Waals surface area contributed by atoms with Crippen LogP contribution < -0.4 is 19.1 Å². The number of nitrogens with zero attached hydrogens (tertiary/aromatic N) is 2. The van der Waals surface area contributed by atoms with E-state index in [1.807, 2.05) is 0 Å². The van der Waals surface area contributed by atoms with Gasteiger partial charge in [0.2, 0.25) is 11.8 Å². The lowest BCUT2D eigenvalue weighted by atomic mass is 10.1. The minimum atomic E-state index is -4.20. The van der Waals surface area contributed by atoms with Gasteiger partial charge in [0.15, 0.2) is 11.5 Å². The lowest BCUT2D eigenvalue weighted by Gasteiger charge is -2.32. The molecule has 0 bridgehead atoms. The summed E-state index contributed by atoms with van der Waals surface area (Å²) in [6.45, 7) is 3.72. The molecule has 0 spiro atoms. The summed E-state index contributed by atoms with van der Waals surface area (Å²) in [5, 5.41) is 2.70. The number of amides is 2. The van der Waals surface area contributed by atoms with E-state index in [1.165, 1.54) is 47.4 Å². The summed E-state index contributed by atoms with van der Waals surface area (Å²) >= 11 is 0. The predicted molar refractivity (Wildman–Crippen MR) is 144 cm³/mol. The number of carbonyl (C=O) groups is 2. The molecule has 1 heterocycles. The van der Waals surface area contributed by atoms with E-state index in [1.54, 1.807) is 44.2 Å². The molecule has 3 aromatic rings. The first-order valence-electron chi connectivity index (χ1n) is 12.5. The van der Waals surface area contributed by atoms with Gasteiger partial charge in [-0.05, 0) is 55.8 Å². The molecule has 1 N–H and O–H groups in total. The topological polar surface area (TPSA) is 105 Å². The average molecular weight is 556 g/mol. The Labute approximate surface area is 227 Å². The Hall–Kier alpha value is -4.12. The molecule has 0 unspecified atom stereocenters. The van der Waals surface area contributed by atoms with Crippen molar-refractivity contribution in [3.05, 3.63) is 84.2 Å². The molecule has 4 rings (SSSR count). The first kappa shape index (κ1) is 27.9. The van der Waals surface area contributed by atoms with Crippen molar-refractivity contribution in [2.75, 3.05) is 30.6 Å². The number of hydrogen-bond donors (Lipinski definition) is 1. The number of ether oxygens (including phenoxy) is 2. The second kappa shape index (κ2) is 12.2. The normalized spacial score (nSPS) is 13.3. The predicted octanol–water partition coefficient (Wildman–Crippen LogP) is 3.35. The highest BCUT2D eigenvalue weighted by molar-refractivity contribution is 7.92. The first-order valence-corrected chi connectivity index (χ1v) is 13.9. The largest absolute Gasteiger partial charge is 0.486 e. The van der Waals surface area contributed by atoms with Crippen LogP contribution in [0.5, 0.6) is 11.5 Å². The number of carbonyl (C=O) groups excluding carboxylic acids is 2. The number of fused-ring (bicyclic) bond motifs is 1. The fourth-order valence-electron chi connectivity index (χ4n) is 4.13. The summed E-state index contributed by atoms with van der Waals surface area (Å²) in [5.41, 5.74) is 0.779. The molecule has 0 fully saturated rings. The molecule has 0 aliphatic carbocycles. The molecule has 1 aliphatic rings. The van der Waals surface area contributed by atoms with Gasteiger partial charge < -0.3 is 19.7 Å². The van der Waals surface area contributed by atoms with Gasteiger partial charge in [0.25, 0.3) is 10.0 Å². The third-order valence-corrected chi connectivity index (χ3v) is 8.00. The Morgan fingerprint density at radius 2 is 1.64 bits per heavy atom. The third-order valence-electron chi connectivity index (χ3n) is 6.21. The fraction of sp³-hybridized carbons (Fsp3) is 0.286. The van der Waals surface area contributed by atoms with Crippen molar-refractivity contribution in [1.29, 1.82) is 0 Å². The zero-order valence-electron chi connectivity index (χ0n) is 21.7. The quantitative estimate of drug-likeness (QED) is 0.412. The molecule has 0 saturated carbocycles. The smallest absolute Gasteiger partial charge is 0.264 e. The van der Waals surface area contributed by atoms with Gasteiger partial charge in [-0.2, -0.15) is 0 Å². The monoisotopic (exact) mass is 555 g/mol. The molecular weight excluding hydrogens is 525 g/mol. The molecule has 1 aliphatic heterocycles. The maximum absolute atomic E-state index is 13.8. The first-order chi connectivity index (χ1) is 18.7. The Kier molecular flexibility index (Phi) is 8.70. The van der Waals surface area contributed by atoms with Crippen LogP contribution in [0.15, 0.2) is 77.7 Å². The van der Waals surface area contributed by atoms with Crippen molar-refractivity contribution in [2.45, 2.75) is 31.3 Å². The van der Waals surface area contributed by atoms with Crippen LogP contribution in [0.4, 0.5) is 10.1 Å². The van der Waals surface area contributed by atoms with E-state index in [0.717, 1.165) is 4.31 Å². The minimum Gasteiger partial charge on any atom is -0.486 e. The van der Waals surface area contributed by atoms with Gasteiger partial charge in [-0.1, -0.05) is 30.3 Å². The minimum absolute atomic E-state index is 0.00505. The summed E-state index contributed by atoms with van der Waals surface area (Å²) in [7, 11) is -4.20. The van der Waals surface area contributed by atoms with Gasteiger partial charge in [0.1, 0.15) is 31.6 Å². The number of sulfonamides is 1. The number of nitrogens with one attached hydrogen (secondary N) is 1. The Morgan fingerprint density at radius 1 is 0.974 bits per heavy atom. The van der Waals surface area contributed by atoms with Crippen LogP contribution >= 0.6 is 0 Å². The van der Waals surface area contributed by atoms with E-state index in [0.29, 0.717) is 36.8 Å². The Balaban J connectivity index is 1.73. The second-order valence-corrected chi connectivity index (χ2v) is 10.7. The van der Waals surface area contributed by atoms with Gasteiger partial charge in [-0.3, -0.25) is 13.9 Å². The van der Waals surface area contributed by atoms with Crippen LogP contribution in [0.25, 0.3) is 0 Å². The van der Waals surface area contributed by atoms with Crippen LogP contribution in [-0.4, -0.2) is 57.5 Å². The van der Waals surface area contributed by atoms with Crippen LogP contribution in [0, 0.1) is 5.82 Å². The van der Waals surface area contributed by atoms with Gasteiger partial charge in [-0.25, -0.2) is 12.8 Å². The highest BCUT2D eigenvalue weighted by Gasteiger charge is 2.33. The number of likely N-dealkylation sites (N-methyl/N-ethyl adjacent to an activating group) is 1. The number of benzene rings is 3. The molecule has 11 heteroatoms. The molecular formula is C28H30FN3O6S. The SMILES string of the molecule is CCNC(=O)[C@H](C)N(Cc1ccc(F)cc1)C(=O)CN(c1ccc2c(c1)OCCO2)S(=O)(=O)c1ccccc1. The Morgan fingerprint density at radius 3 is 2.31 bits per heavy atom. The average Bonchev–Trinajstić information content (AvgIpc) is 2.95. The number of anilines is 1. The molecule has 0 saturated heterocycles. The van der Waals surface area contributed by atoms with Crippen molar-refractivity contribution >= 4 is 27.5 Å². The molecule has 0 aromatic heterocycles. The lowest BCUT2D eigenvalue weighted by Crippen LogP contribution is -2.51. The molecule has 1 atom stereocenters. The molecule has 206 valence electrons. The standard InChI is InChI=1S/C28H30FN3O6S/c1-3-30-28(34)20(2)31(18-21-9-11-22(29)12-10-21)27(33)19-32(39(35,36)24-7-5-4-6-8-24)23-13-14-25-26(17-23)38-16-15-37-25/h4-14,17,20H,3,15-16,18-19H2,1-2H3,(H,30,34)/t20-/m0/s1. The van der Waals surface area contributed by atoms with Gasteiger partial charge in [-0.15, -0.1) is 0 Å². The zero-order valence-corrected chi connectivity index (χ0v) is 22.5. The summed E-state index contributed by atoms with van der Waals surface area (Å²) in [6, 6.07) is 17.0. The van der Waals surface area contributed by atoms with Gasteiger partial charge >= 0.3 is 0 Å². The third kappa shape index (κ3) is 6.48. The summed E-state index contributed by atoms with van der Waals surface area (Å²) in [6.07, 6.45) is 0. The van der Waals surface area contributed by atoms with Gasteiger partial charge in [0.05, 0.1) is 10.6 Å². The highest BCUT2D eigenvalue weighted by Crippen LogP contribution is 2.36. The van der Waals surface area contributed by atoms with Crippen molar-refractivity contribution < 1.29 is 31.9 Å². The van der Waals surface area contributed by atoms with Crippen LogP contribution in [0.1, 0.15) is 19.4 Å². The van der Waals surface area contributed by atoms with E-state index in [-0.39, 0.29) is 17.1 Å². The summed E-state index contributed by atoms with van der Waals surface area (Å²) in [5.74, 6) is -0.626. The van der Waals surface area contributed by atoms with Crippen molar-refractivity contribution in [3.63, 3.8) is 0 Å². The summed E-state index contributed by atoms with van der Waals surface area (Å²) in [4.78, 5) is 27.8. The second-order valence-electron chi connectivity index (χ2n) is 8.87. The zero-order chi connectivity index (χ0) is 28.0. The highest BCUT2D eigenvalue weighted by atomic mass is 32.2. The molecule has 3 aromatic carbocycles. The van der Waals surface area contributed by atoms with E-state index in [4.69, 9.17) is 9.47 Å². The maximum atomic E-state index is 13.8. The van der Waals surface area contributed by atoms with Crippen molar-refractivity contribution in [2.24, 2.45) is 0 Å². The van der Waals surface area contributed by atoms with E-state index in [2.05, 4.69) is 5.32 Å². The van der Waals surface area contributed by atoms with Crippen molar-refractivity contribution in [3.8, 4) is 11.5 Å². The lowest BCUT2D eigenvalue weighted by molar-refractivity contribution is -0.139.